The fourth-order valence-electron chi connectivity index (χ4n) is 2.36. The van der Waals surface area contributed by atoms with E-state index in [4.69, 9.17) is 0 Å². The fourth-order valence-corrected chi connectivity index (χ4v) is 4.03. The highest BCUT2D eigenvalue weighted by molar-refractivity contribution is 7.18. The molecule has 0 saturated heterocycles. The van der Waals surface area contributed by atoms with Crippen molar-refractivity contribution >= 4 is 44.3 Å². The summed E-state index contributed by atoms with van der Waals surface area (Å²) in [4.78, 5) is 9.58. The summed E-state index contributed by atoms with van der Waals surface area (Å²) in [5.41, 5.74) is 3.22. The maximum absolute atomic E-state index is 12.8. The second-order valence-corrected chi connectivity index (χ2v) is 6.81. The second-order valence-electron chi connectivity index (χ2n) is 5.05. The van der Waals surface area contributed by atoms with E-state index in [0.717, 1.165) is 26.5 Å². The van der Waals surface area contributed by atoms with Crippen molar-refractivity contribution < 1.29 is 8.78 Å². The summed E-state index contributed by atoms with van der Waals surface area (Å²) in [7, 11) is 0. The molecule has 0 spiro atoms. The van der Waals surface area contributed by atoms with Crippen LogP contribution >= 0.6 is 22.7 Å². The van der Waals surface area contributed by atoms with E-state index in [-0.39, 0.29) is 5.56 Å². The molecule has 0 aliphatic carbocycles. The maximum Gasteiger partial charge on any atom is 0.263 e. The molecule has 0 atom stereocenters. The number of alkyl halides is 2. The lowest BCUT2D eigenvalue weighted by Gasteiger charge is -2.06. The highest BCUT2D eigenvalue weighted by Crippen LogP contribution is 2.35. The Morgan fingerprint density at radius 3 is 2.92 bits per heavy atom. The predicted octanol–water partition coefficient (Wildman–Crippen LogP) is 5.90. The quantitative estimate of drug-likeness (QED) is 0.493. The number of rotatable bonds is 4. The minimum Gasteiger partial charge on any atom is -0.355 e. The van der Waals surface area contributed by atoms with Gasteiger partial charge in [0.2, 0.25) is 0 Å². The van der Waals surface area contributed by atoms with Crippen molar-refractivity contribution in [3.8, 4) is 10.6 Å². The van der Waals surface area contributed by atoms with Gasteiger partial charge in [0.25, 0.3) is 6.43 Å². The average Bonchev–Trinajstić information content (AvgIpc) is 3.23. The number of nitrogens with one attached hydrogen (secondary N) is 1. The van der Waals surface area contributed by atoms with E-state index in [1.54, 1.807) is 23.5 Å². The normalized spacial score (nSPS) is 11.3. The van der Waals surface area contributed by atoms with Crippen LogP contribution in [-0.4, -0.2) is 9.97 Å². The van der Waals surface area contributed by atoms with Crippen LogP contribution in [0.4, 0.5) is 20.2 Å². The minimum absolute atomic E-state index is 0.00193. The molecule has 24 heavy (non-hydrogen) atoms. The van der Waals surface area contributed by atoms with Crippen LogP contribution in [0.2, 0.25) is 0 Å². The first-order valence-corrected chi connectivity index (χ1v) is 8.75. The first-order chi connectivity index (χ1) is 11.7. The smallest absolute Gasteiger partial charge is 0.263 e. The number of hydrogen-bond donors (Lipinski definition) is 1. The lowest BCUT2D eigenvalue weighted by molar-refractivity contribution is 0.151. The summed E-state index contributed by atoms with van der Waals surface area (Å²) in [6, 6.07) is 10.1. The number of nitrogens with zero attached hydrogens (tertiary/aromatic N) is 2. The molecule has 4 aromatic rings. The van der Waals surface area contributed by atoms with Gasteiger partial charge in [-0.2, -0.15) is 0 Å². The van der Waals surface area contributed by atoms with E-state index >= 15 is 0 Å². The van der Waals surface area contributed by atoms with Crippen LogP contribution in [0.15, 0.2) is 48.1 Å². The molecular weight excluding hydrogens is 348 g/mol. The summed E-state index contributed by atoms with van der Waals surface area (Å²) in [6.07, 6.45) is -0.939. The summed E-state index contributed by atoms with van der Waals surface area (Å²) < 4.78 is 26.6. The van der Waals surface area contributed by atoms with Crippen LogP contribution in [0.3, 0.4) is 0 Å². The Morgan fingerprint density at radius 2 is 2.04 bits per heavy atom. The zero-order valence-corrected chi connectivity index (χ0v) is 13.8. The Bertz CT molecular complexity index is 994. The van der Waals surface area contributed by atoms with Crippen LogP contribution in [0.5, 0.6) is 0 Å². The van der Waals surface area contributed by atoms with Gasteiger partial charge in [-0.3, -0.25) is 0 Å². The molecule has 4 rings (SSSR count). The van der Waals surface area contributed by atoms with Crippen molar-refractivity contribution in [1.29, 1.82) is 0 Å². The molecule has 0 fully saturated rings. The van der Waals surface area contributed by atoms with Crippen LogP contribution in [0.1, 0.15) is 12.0 Å². The lowest BCUT2D eigenvalue weighted by atomic mass is 10.2. The molecule has 1 N–H and O–H groups in total. The fraction of sp³-hybridized carbons (Fsp3) is 0.0588. The number of fused-ring (bicyclic) bond motifs is 1. The Balaban J connectivity index is 1.64. The summed E-state index contributed by atoms with van der Waals surface area (Å²) in [5, 5.41) is 8.17. The third-order valence-corrected chi connectivity index (χ3v) is 5.23. The Kier molecular flexibility index (Phi) is 3.95. The van der Waals surface area contributed by atoms with Gasteiger partial charge in [-0.15, -0.1) is 22.7 Å². The lowest BCUT2D eigenvalue weighted by Crippen LogP contribution is -1.90. The topological polar surface area (TPSA) is 37.8 Å². The highest BCUT2D eigenvalue weighted by Gasteiger charge is 2.11. The molecule has 0 aliphatic heterocycles. The molecule has 3 nitrogen and oxygen atoms in total. The van der Waals surface area contributed by atoms with E-state index in [1.165, 1.54) is 29.8 Å². The van der Waals surface area contributed by atoms with Crippen molar-refractivity contribution in [2.45, 2.75) is 6.43 Å². The third-order valence-electron chi connectivity index (χ3n) is 3.45. The molecule has 3 aromatic heterocycles. The molecule has 119 valence electrons. The molecule has 0 bridgehead atoms. The highest BCUT2D eigenvalue weighted by atomic mass is 32.1. The number of anilines is 2. The van der Waals surface area contributed by atoms with Gasteiger partial charge in [-0.25, -0.2) is 18.7 Å². The van der Waals surface area contributed by atoms with E-state index in [9.17, 15) is 8.78 Å². The molecule has 1 aromatic carbocycles. The third kappa shape index (κ3) is 2.88. The number of aromatic nitrogens is 2. The van der Waals surface area contributed by atoms with Crippen molar-refractivity contribution in [2.24, 2.45) is 0 Å². The first kappa shape index (κ1) is 15.2. The van der Waals surface area contributed by atoms with Crippen molar-refractivity contribution in [3.05, 3.63) is 59.0 Å². The molecule has 0 unspecified atom stereocenters. The molecule has 0 amide bonds. The van der Waals surface area contributed by atoms with E-state index in [1.807, 2.05) is 17.5 Å². The Hall–Kier alpha value is -2.38. The van der Waals surface area contributed by atoms with Crippen molar-refractivity contribution in [1.82, 2.24) is 9.97 Å². The molecule has 0 aliphatic rings. The van der Waals surface area contributed by atoms with Gasteiger partial charge in [-0.1, -0.05) is 12.1 Å². The summed E-state index contributed by atoms with van der Waals surface area (Å²) in [6.45, 7) is 0. The van der Waals surface area contributed by atoms with Gasteiger partial charge in [0.1, 0.15) is 12.0 Å². The van der Waals surface area contributed by atoms with Gasteiger partial charge in [-0.05, 0) is 24.3 Å². The predicted molar refractivity (Wildman–Crippen MR) is 94.2 cm³/mol. The maximum atomic E-state index is 12.8. The molecule has 1 radical (unpaired) electrons. The van der Waals surface area contributed by atoms with Gasteiger partial charge >= 0.3 is 0 Å². The summed E-state index contributed by atoms with van der Waals surface area (Å²) in [5.74, 6) is 0. The van der Waals surface area contributed by atoms with Gasteiger partial charge in [0.15, 0.2) is 0 Å². The van der Waals surface area contributed by atoms with E-state index in [2.05, 4.69) is 20.7 Å². The van der Waals surface area contributed by atoms with Crippen LogP contribution in [0.25, 0.3) is 20.8 Å². The zero-order chi connectivity index (χ0) is 16.5. The summed E-state index contributed by atoms with van der Waals surface area (Å²) >= 11 is 3.02. The average molecular weight is 358 g/mol. The van der Waals surface area contributed by atoms with Gasteiger partial charge in [0, 0.05) is 27.7 Å². The number of benzene rings is 1. The van der Waals surface area contributed by atoms with Crippen molar-refractivity contribution in [3.63, 3.8) is 0 Å². The zero-order valence-electron chi connectivity index (χ0n) is 12.2. The number of hydrogen-bond acceptors (Lipinski definition) is 5. The minimum atomic E-state index is -2.48. The van der Waals surface area contributed by atoms with Crippen LogP contribution in [0, 0.1) is 5.38 Å². The molecule has 0 saturated carbocycles. The first-order valence-electron chi connectivity index (χ1n) is 7.05. The van der Waals surface area contributed by atoms with E-state index in [0.29, 0.717) is 5.69 Å². The largest absolute Gasteiger partial charge is 0.355 e. The van der Waals surface area contributed by atoms with E-state index < -0.39 is 6.43 Å². The Labute approximate surface area is 144 Å². The standard InChI is InChI=1S/C17H10F2N3S2/c18-17(19)10-2-1-3-11(6-10)22-12-7-14(24-8-12)15-16-13(4-5-23-16)20-9-21-15/h1-4,6-9,17,22H. The molecule has 3 heterocycles. The van der Waals surface area contributed by atoms with Crippen LogP contribution < -0.4 is 5.32 Å². The SMILES string of the molecule is FC(F)c1cccc(Nc2csc(-c3ncnc4c[c]sc34)c2)c1. The number of thiophene rings is 2. The number of halogens is 2. The van der Waals surface area contributed by atoms with Crippen LogP contribution in [-0.2, 0) is 0 Å². The van der Waals surface area contributed by atoms with Crippen molar-refractivity contribution in [2.75, 3.05) is 5.32 Å². The second kappa shape index (κ2) is 6.26. The molecule has 7 heteroatoms. The monoisotopic (exact) mass is 358 g/mol. The Morgan fingerprint density at radius 1 is 1.12 bits per heavy atom. The van der Waals surface area contributed by atoms with Gasteiger partial charge in [0.05, 0.1) is 15.1 Å². The van der Waals surface area contributed by atoms with Gasteiger partial charge < -0.3 is 5.32 Å². The molecular formula is C17H10F2N3S2.